The summed E-state index contributed by atoms with van der Waals surface area (Å²) in [7, 11) is -4.12. The highest BCUT2D eigenvalue weighted by molar-refractivity contribution is 14.1. The summed E-state index contributed by atoms with van der Waals surface area (Å²) < 4.78 is 34.1. The van der Waals surface area contributed by atoms with E-state index in [4.69, 9.17) is 4.42 Å². The van der Waals surface area contributed by atoms with Crippen LogP contribution in [0.1, 0.15) is 5.76 Å². The van der Waals surface area contributed by atoms with E-state index in [0.717, 1.165) is 36.0 Å². The molecule has 0 radical (unpaired) electrons. The molecule has 1 saturated heterocycles. The van der Waals surface area contributed by atoms with Gasteiger partial charge in [-0.25, -0.2) is 0 Å². The van der Waals surface area contributed by atoms with Crippen LogP contribution in [0.4, 0.5) is 5.69 Å². The predicted molar refractivity (Wildman–Crippen MR) is 103 cm³/mol. The number of carbonyl (C=O) groups is 1. The largest absolute Gasteiger partial charge is 0.451 e. The molecule has 134 valence electrons. The van der Waals surface area contributed by atoms with Crippen molar-refractivity contribution in [2.24, 2.45) is 4.40 Å². The zero-order valence-electron chi connectivity index (χ0n) is 12.6. The standard InChI is InChI=1S/C14H8IN3O6S2/c15-12-6-3-9(24-12)7-11-13(19)16-14(25-11)17-26(22,23)10-4-1-8(2-5-10)18(20)21/h1-7H,(H,16,17,19)/b11-7-. The SMILES string of the molecule is O=C1N/C(=N\S(=O)(=O)c2ccc([N+](=O)[O-])cc2)S/C1=C\c1ccc(I)o1. The van der Waals surface area contributed by atoms with E-state index in [-0.39, 0.29) is 20.7 Å². The third-order valence-corrected chi connectivity index (χ3v) is 5.96. The van der Waals surface area contributed by atoms with Crippen LogP contribution in [0.3, 0.4) is 0 Å². The van der Waals surface area contributed by atoms with Gasteiger partial charge in [0.05, 0.1) is 14.7 Å². The minimum atomic E-state index is -4.12. The zero-order chi connectivity index (χ0) is 18.9. The van der Waals surface area contributed by atoms with Gasteiger partial charge in [-0.2, -0.15) is 8.42 Å². The number of thioether (sulfide) groups is 1. The molecule has 0 bridgehead atoms. The Morgan fingerprint density at radius 1 is 1.23 bits per heavy atom. The van der Waals surface area contributed by atoms with Gasteiger partial charge in [0, 0.05) is 18.2 Å². The molecule has 2 heterocycles. The number of benzene rings is 1. The smallest absolute Gasteiger partial charge is 0.284 e. The maximum Gasteiger partial charge on any atom is 0.284 e. The number of halogens is 1. The topological polar surface area (TPSA) is 132 Å². The average molecular weight is 505 g/mol. The number of hydrogen-bond donors (Lipinski definition) is 1. The van der Waals surface area contributed by atoms with Crippen LogP contribution in [-0.4, -0.2) is 24.4 Å². The van der Waals surface area contributed by atoms with Crippen molar-refractivity contribution in [2.45, 2.75) is 4.90 Å². The minimum absolute atomic E-state index is 0.110. The first kappa shape index (κ1) is 18.6. The second kappa shape index (κ2) is 7.20. The zero-order valence-corrected chi connectivity index (χ0v) is 16.4. The number of sulfonamides is 1. The van der Waals surface area contributed by atoms with Crippen molar-refractivity contribution in [3.05, 3.63) is 60.9 Å². The Labute approximate surface area is 164 Å². The number of amidine groups is 1. The number of nitro groups is 1. The molecule has 1 N–H and O–H groups in total. The number of nitrogens with zero attached hydrogens (tertiary/aromatic N) is 2. The van der Waals surface area contributed by atoms with Crippen molar-refractivity contribution >= 4 is 67.2 Å². The molecular weight excluding hydrogens is 497 g/mol. The number of nitrogens with one attached hydrogen (secondary N) is 1. The van der Waals surface area contributed by atoms with Crippen molar-refractivity contribution < 1.29 is 22.6 Å². The lowest BCUT2D eigenvalue weighted by atomic mass is 10.3. The Morgan fingerprint density at radius 2 is 1.92 bits per heavy atom. The third-order valence-electron chi connectivity index (χ3n) is 3.07. The summed E-state index contributed by atoms with van der Waals surface area (Å²) in [6, 6.07) is 7.69. The highest BCUT2D eigenvalue weighted by atomic mass is 127. The van der Waals surface area contributed by atoms with Crippen LogP contribution < -0.4 is 5.32 Å². The third kappa shape index (κ3) is 4.13. The van der Waals surface area contributed by atoms with Crippen LogP contribution in [0, 0.1) is 13.9 Å². The van der Waals surface area contributed by atoms with Crippen LogP contribution in [-0.2, 0) is 14.8 Å². The molecular formula is C14H8IN3O6S2. The highest BCUT2D eigenvalue weighted by Crippen LogP contribution is 2.28. The summed E-state index contributed by atoms with van der Waals surface area (Å²) in [6.45, 7) is 0. The van der Waals surface area contributed by atoms with Crippen molar-refractivity contribution in [3.63, 3.8) is 0 Å². The predicted octanol–water partition coefficient (Wildman–Crippen LogP) is 2.74. The van der Waals surface area contributed by atoms with Crippen LogP contribution in [0.25, 0.3) is 6.08 Å². The molecule has 1 aliphatic rings. The Kier molecular flexibility index (Phi) is 5.15. The highest BCUT2D eigenvalue weighted by Gasteiger charge is 2.27. The number of non-ortho nitro benzene ring substituents is 1. The number of rotatable bonds is 4. The van der Waals surface area contributed by atoms with Crippen molar-refractivity contribution in [1.29, 1.82) is 0 Å². The Balaban J connectivity index is 1.84. The van der Waals surface area contributed by atoms with E-state index in [1.165, 1.54) is 6.08 Å². The van der Waals surface area contributed by atoms with Gasteiger partial charge in [-0.1, -0.05) is 0 Å². The fourth-order valence-corrected chi connectivity index (χ4v) is 4.31. The molecule has 1 fully saturated rings. The quantitative estimate of drug-likeness (QED) is 0.293. The maximum absolute atomic E-state index is 12.3. The first-order chi connectivity index (χ1) is 12.2. The molecule has 0 saturated carbocycles. The van der Waals surface area contributed by atoms with Gasteiger partial charge in [-0.05, 0) is 58.6 Å². The van der Waals surface area contributed by atoms with Crippen LogP contribution >= 0.6 is 34.4 Å². The van der Waals surface area contributed by atoms with E-state index in [9.17, 15) is 23.3 Å². The molecule has 12 heteroatoms. The normalized spacial score (nSPS) is 17.7. The lowest BCUT2D eigenvalue weighted by molar-refractivity contribution is -0.384. The van der Waals surface area contributed by atoms with E-state index in [1.54, 1.807) is 12.1 Å². The number of nitro benzene ring substituents is 1. The summed E-state index contributed by atoms with van der Waals surface area (Å²) >= 11 is 2.83. The van der Waals surface area contributed by atoms with Gasteiger partial charge in [0.25, 0.3) is 21.6 Å². The molecule has 1 aromatic heterocycles. The summed E-state index contributed by atoms with van der Waals surface area (Å²) in [4.78, 5) is 21.9. The van der Waals surface area contributed by atoms with Crippen molar-refractivity contribution in [2.75, 3.05) is 0 Å². The van der Waals surface area contributed by atoms with Gasteiger partial charge in [-0.15, -0.1) is 4.40 Å². The van der Waals surface area contributed by atoms with Crippen LogP contribution in [0.15, 0.2) is 55.0 Å². The molecule has 0 spiro atoms. The van der Waals surface area contributed by atoms with Gasteiger partial charge in [0.1, 0.15) is 5.76 Å². The van der Waals surface area contributed by atoms with E-state index in [2.05, 4.69) is 9.71 Å². The van der Waals surface area contributed by atoms with Gasteiger partial charge in [-0.3, -0.25) is 20.2 Å². The minimum Gasteiger partial charge on any atom is -0.451 e. The Hall–Kier alpha value is -2.19. The molecule has 0 unspecified atom stereocenters. The fourth-order valence-electron chi connectivity index (χ4n) is 1.91. The Bertz CT molecular complexity index is 1060. The molecule has 26 heavy (non-hydrogen) atoms. The first-order valence-corrected chi connectivity index (χ1v) is 10.1. The summed E-state index contributed by atoms with van der Waals surface area (Å²) in [5, 5.41) is 12.9. The summed E-state index contributed by atoms with van der Waals surface area (Å²) in [6.07, 6.45) is 1.48. The monoisotopic (exact) mass is 505 g/mol. The molecule has 2 aromatic rings. The molecule has 0 atom stereocenters. The van der Waals surface area contributed by atoms with E-state index >= 15 is 0 Å². The van der Waals surface area contributed by atoms with Gasteiger partial charge in [0.2, 0.25) is 0 Å². The number of amides is 1. The second-order valence-corrected chi connectivity index (χ2v) is 8.53. The second-order valence-electron chi connectivity index (χ2n) is 4.83. The maximum atomic E-state index is 12.3. The molecule has 0 aliphatic carbocycles. The van der Waals surface area contributed by atoms with E-state index in [1.807, 2.05) is 22.6 Å². The molecule has 1 aliphatic heterocycles. The van der Waals surface area contributed by atoms with Gasteiger partial charge in [0.15, 0.2) is 8.93 Å². The number of furan rings is 1. The molecule has 3 rings (SSSR count). The number of carbonyl (C=O) groups excluding carboxylic acids is 1. The lowest BCUT2D eigenvalue weighted by Crippen LogP contribution is -2.20. The molecule has 1 aromatic carbocycles. The fraction of sp³-hybridized carbons (Fsp3) is 0. The number of hydrogen-bond acceptors (Lipinski definition) is 7. The molecule has 9 nitrogen and oxygen atoms in total. The first-order valence-electron chi connectivity index (χ1n) is 6.80. The van der Waals surface area contributed by atoms with E-state index < -0.39 is 20.9 Å². The summed E-state index contributed by atoms with van der Waals surface area (Å²) in [5.41, 5.74) is -0.238. The Morgan fingerprint density at radius 3 is 2.50 bits per heavy atom. The lowest BCUT2D eigenvalue weighted by Gasteiger charge is -1.99. The van der Waals surface area contributed by atoms with E-state index in [0.29, 0.717) is 9.53 Å². The molecule has 1 amide bonds. The van der Waals surface area contributed by atoms with Gasteiger partial charge >= 0.3 is 0 Å². The van der Waals surface area contributed by atoms with Crippen molar-refractivity contribution in [1.82, 2.24) is 5.32 Å². The average Bonchev–Trinajstić information content (AvgIpc) is 3.13. The summed E-state index contributed by atoms with van der Waals surface area (Å²) in [5.74, 6) is -0.0504. The van der Waals surface area contributed by atoms with Crippen LogP contribution in [0.2, 0.25) is 0 Å². The van der Waals surface area contributed by atoms with Crippen LogP contribution in [0.5, 0.6) is 0 Å². The van der Waals surface area contributed by atoms with Gasteiger partial charge < -0.3 is 4.42 Å². The van der Waals surface area contributed by atoms with Crippen molar-refractivity contribution in [3.8, 4) is 0 Å².